The van der Waals surface area contributed by atoms with Crippen LogP contribution < -0.4 is 10.0 Å². The van der Waals surface area contributed by atoms with Gasteiger partial charge in [0.05, 0.1) is 17.7 Å². The molecule has 6 nitrogen and oxygen atoms in total. The normalized spacial score (nSPS) is 11.4. The third kappa shape index (κ3) is 5.87. The van der Waals surface area contributed by atoms with Crippen molar-refractivity contribution in [3.05, 3.63) is 102 Å². The summed E-state index contributed by atoms with van der Waals surface area (Å²) in [5.41, 5.74) is 5.37. The quantitative estimate of drug-likeness (QED) is 0.385. The van der Waals surface area contributed by atoms with E-state index in [9.17, 15) is 13.2 Å². The molecule has 0 saturated carbocycles. The van der Waals surface area contributed by atoms with Gasteiger partial charge in [0.15, 0.2) is 0 Å². The third-order valence-electron chi connectivity index (χ3n) is 5.63. The highest BCUT2D eigenvalue weighted by molar-refractivity contribution is 7.89. The Kier molecular flexibility index (Phi) is 7.35. The van der Waals surface area contributed by atoms with Crippen LogP contribution in [-0.4, -0.2) is 31.6 Å². The van der Waals surface area contributed by atoms with Crippen molar-refractivity contribution in [2.24, 2.45) is 0 Å². The Balaban J connectivity index is 1.45. The third-order valence-corrected chi connectivity index (χ3v) is 6.96. The van der Waals surface area contributed by atoms with E-state index in [4.69, 9.17) is 4.98 Å². The van der Waals surface area contributed by atoms with Crippen LogP contribution in [-0.2, 0) is 27.8 Å². The topological polar surface area (TPSA) is 88.2 Å². The SMILES string of the molecule is Cc1nc2ccccc2c(-c2ccccc2)c1CC(=O)NCCS(=O)(=O)NCc1ccccc1. The fraction of sp³-hybridized carbons (Fsp3) is 0.185. The molecule has 1 heterocycles. The van der Waals surface area contributed by atoms with Gasteiger partial charge in [-0.15, -0.1) is 0 Å². The summed E-state index contributed by atoms with van der Waals surface area (Å²) >= 11 is 0. The summed E-state index contributed by atoms with van der Waals surface area (Å²) in [6, 6.07) is 27.1. The van der Waals surface area contributed by atoms with Gasteiger partial charge in [-0.1, -0.05) is 78.9 Å². The van der Waals surface area contributed by atoms with Crippen molar-refractivity contribution in [3.8, 4) is 11.1 Å². The van der Waals surface area contributed by atoms with Gasteiger partial charge in [-0.3, -0.25) is 9.78 Å². The van der Waals surface area contributed by atoms with Crippen LogP contribution in [0.25, 0.3) is 22.0 Å². The van der Waals surface area contributed by atoms with Gasteiger partial charge in [-0.2, -0.15) is 0 Å². The number of sulfonamides is 1. The molecule has 0 aliphatic carbocycles. The van der Waals surface area contributed by atoms with Gasteiger partial charge in [0, 0.05) is 24.2 Å². The lowest BCUT2D eigenvalue weighted by Crippen LogP contribution is -2.35. The maximum Gasteiger partial charge on any atom is 0.224 e. The van der Waals surface area contributed by atoms with Crippen molar-refractivity contribution < 1.29 is 13.2 Å². The Morgan fingerprint density at radius 2 is 1.53 bits per heavy atom. The number of aromatic nitrogens is 1. The number of rotatable bonds is 9. The monoisotopic (exact) mass is 473 g/mol. The van der Waals surface area contributed by atoms with Crippen molar-refractivity contribution >= 4 is 26.8 Å². The minimum Gasteiger partial charge on any atom is -0.355 e. The van der Waals surface area contributed by atoms with Crippen LogP contribution in [0.15, 0.2) is 84.9 Å². The molecule has 0 radical (unpaired) electrons. The molecule has 0 bridgehead atoms. The Hall–Kier alpha value is -3.55. The second kappa shape index (κ2) is 10.6. The van der Waals surface area contributed by atoms with Crippen molar-refractivity contribution in [1.82, 2.24) is 15.0 Å². The van der Waals surface area contributed by atoms with Gasteiger partial charge in [0.25, 0.3) is 0 Å². The highest BCUT2D eigenvalue weighted by atomic mass is 32.2. The largest absolute Gasteiger partial charge is 0.355 e. The minimum absolute atomic E-state index is 0.0314. The lowest BCUT2D eigenvalue weighted by molar-refractivity contribution is -0.120. The predicted octanol–water partition coefficient (Wildman–Crippen LogP) is 3.99. The van der Waals surface area contributed by atoms with Gasteiger partial charge in [0.1, 0.15) is 0 Å². The minimum atomic E-state index is -3.51. The number of nitrogens with one attached hydrogen (secondary N) is 2. The number of nitrogens with zero attached hydrogens (tertiary/aromatic N) is 1. The summed E-state index contributed by atoms with van der Waals surface area (Å²) in [6.07, 6.45) is 0.116. The molecule has 7 heteroatoms. The highest BCUT2D eigenvalue weighted by Crippen LogP contribution is 2.33. The van der Waals surface area contributed by atoms with E-state index in [2.05, 4.69) is 10.0 Å². The van der Waals surface area contributed by atoms with E-state index in [0.717, 1.165) is 38.9 Å². The van der Waals surface area contributed by atoms with Gasteiger partial charge >= 0.3 is 0 Å². The number of hydrogen-bond donors (Lipinski definition) is 2. The Morgan fingerprint density at radius 3 is 2.26 bits per heavy atom. The van der Waals surface area contributed by atoms with E-state index in [1.54, 1.807) is 0 Å². The molecule has 2 N–H and O–H groups in total. The second-order valence-corrected chi connectivity index (χ2v) is 10.0. The molecule has 0 fully saturated rings. The molecule has 0 spiro atoms. The number of fused-ring (bicyclic) bond motifs is 1. The first kappa shape index (κ1) is 23.6. The Labute approximate surface area is 200 Å². The molecule has 0 aliphatic rings. The Bertz CT molecular complexity index is 1390. The fourth-order valence-corrected chi connectivity index (χ4v) is 4.84. The average molecular weight is 474 g/mol. The molecule has 34 heavy (non-hydrogen) atoms. The van der Waals surface area contributed by atoms with Gasteiger partial charge in [-0.25, -0.2) is 13.1 Å². The smallest absolute Gasteiger partial charge is 0.224 e. The number of carbonyl (C=O) groups excluding carboxylic acids is 1. The van der Waals surface area contributed by atoms with Crippen LogP contribution in [0, 0.1) is 6.92 Å². The summed E-state index contributed by atoms with van der Waals surface area (Å²) in [6.45, 7) is 2.16. The van der Waals surface area contributed by atoms with Gasteiger partial charge in [-0.05, 0) is 35.2 Å². The fourth-order valence-electron chi connectivity index (χ4n) is 3.93. The van der Waals surface area contributed by atoms with Crippen molar-refractivity contribution in [1.29, 1.82) is 0 Å². The Morgan fingerprint density at radius 1 is 0.882 bits per heavy atom. The molecule has 0 atom stereocenters. The zero-order valence-corrected chi connectivity index (χ0v) is 19.8. The number of hydrogen-bond acceptors (Lipinski definition) is 4. The number of benzene rings is 3. The number of pyridine rings is 1. The van der Waals surface area contributed by atoms with E-state index in [1.807, 2.05) is 91.9 Å². The summed E-state index contributed by atoms with van der Waals surface area (Å²) in [5.74, 6) is -0.429. The lowest BCUT2D eigenvalue weighted by Gasteiger charge is -2.16. The predicted molar refractivity (Wildman–Crippen MR) is 136 cm³/mol. The first-order valence-corrected chi connectivity index (χ1v) is 12.8. The first-order chi connectivity index (χ1) is 16.4. The summed E-state index contributed by atoms with van der Waals surface area (Å²) in [4.78, 5) is 17.5. The maximum absolute atomic E-state index is 12.8. The molecule has 0 aliphatic heterocycles. The summed E-state index contributed by atoms with van der Waals surface area (Å²) in [5, 5.41) is 3.73. The molecule has 1 amide bonds. The van der Waals surface area contributed by atoms with E-state index < -0.39 is 10.0 Å². The first-order valence-electron chi connectivity index (χ1n) is 11.1. The molecule has 1 aromatic heterocycles. The number of aryl methyl sites for hydroxylation is 1. The number of amides is 1. The molecule has 0 saturated heterocycles. The van der Waals surface area contributed by atoms with Crippen molar-refractivity contribution in [3.63, 3.8) is 0 Å². The molecule has 3 aromatic carbocycles. The molecular weight excluding hydrogens is 446 g/mol. The number of para-hydroxylation sites is 1. The van der Waals surface area contributed by atoms with Crippen LogP contribution in [0.5, 0.6) is 0 Å². The van der Waals surface area contributed by atoms with Gasteiger partial charge in [0.2, 0.25) is 15.9 Å². The molecule has 0 unspecified atom stereocenters. The molecule has 4 rings (SSSR count). The van der Waals surface area contributed by atoms with Gasteiger partial charge < -0.3 is 5.32 Å². The van der Waals surface area contributed by atoms with Crippen molar-refractivity contribution in [2.75, 3.05) is 12.3 Å². The van der Waals surface area contributed by atoms with Crippen LogP contribution in [0.4, 0.5) is 0 Å². The average Bonchev–Trinajstić information content (AvgIpc) is 2.84. The molecule has 174 valence electrons. The van der Waals surface area contributed by atoms with Crippen LogP contribution >= 0.6 is 0 Å². The van der Waals surface area contributed by atoms with E-state index in [-0.39, 0.29) is 31.2 Å². The zero-order chi connectivity index (χ0) is 24.0. The van der Waals surface area contributed by atoms with Crippen LogP contribution in [0.1, 0.15) is 16.8 Å². The molecular formula is C27H27N3O3S. The zero-order valence-electron chi connectivity index (χ0n) is 19.0. The van der Waals surface area contributed by atoms with Crippen LogP contribution in [0.3, 0.4) is 0 Å². The number of carbonyl (C=O) groups is 1. The van der Waals surface area contributed by atoms with E-state index in [1.165, 1.54) is 0 Å². The second-order valence-electron chi connectivity index (χ2n) is 8.09. The van der Waals surface area contributed by atoms with E-state index in [0.29, 0.717) is 0 Å². The standard InChI is InChI=1S/C27H27N3O3S/c1-20-24(27(22-12-6-3-7-13-22)23-14-8-9-15-25(23)30-20)18-26(31)28-16-17-34(32,33)29-19-21-10-4-2-5-11-21/h2-15,29H,16-19H2,1H3,(H,28,31). The summed E-state index contributed by atoms with van der Waals surface area (Å²) < 4.78 is 27.2. The van der Waals surface area contributed by atoms with E-state index >= 15 is 0 Å². The van der Waals surface area contributed by atoms with Crippen LogP contribution in [0.2, 0.25) is 0 Å². The lowest BCUT2D eigenvalue weighted by atomic mass is 9.92. The highest BCUT2D eigenvalue weighted by Gasteiger charge is 2.18. The van der Waals surface area contributed by atoms with Crippen molar-refractivity contribution in [2.45, 2.75) is 19.9 Å². The maximum atomic E-state index is 12.8. The summed E-state index contributed by atoms with van der Waals surface area (Å²) in [7, 11) is -3.51. The molecule has 4 aromatic rings.